The Hall–Kier alpha value is -5.15. The van der Waals surface area contributed by atoms with E-state index in [1.807, 2.05) is 36.4 Å². The van der Waals surface area contributed by atoms with Crippen LogP contribution in [0.1, 0.15) is 16.7 Å². The third-order valence-corrected chi connectivity index (χ3v) is 6.66. The van der Waals surface area contributed by atoms with E-state index >= 15 is 0 Å². The SMILES string of the molecule is N#Cc1cn(CC(=O)N/N=C/c2cn(Cc3cccc4ccccc34)c3ccccc23)c2ccccc12. The van der Waals surface area contributed by atoms with Crippen LogP contribution in [0.3, 0.4) is 0 Å². The van der Waals surface area contributed by atoms with Crippen LogP contribution < -0.4 is 5.43 Å². The lowest BCUT2D eigenvalue weighted by Gasteiger charge is -2.09. The fourth-order valence-corrected chi connectivity index (χ4v) is 4.95. The van der Waals surface area contributed by atoms with Crippen LogP contribution in [0.5, 0.6) is 0 Å². The molecule has 6 rings (SSSR count). The van der Waals surface area contributed by atoms with E-state index in [0.717, 1.165) is 33.9 Å². The molecule has 0 fully saturated rings. The van der Waals surface area contributed by atoms with Gasteiger partial charge in [-0.05, 0) is 28.5 Å². The normalized spacial score (nSPS) is 11.4. The number of nitriles is 1. The van der Waals surface area contributed by atoms with Crippen molar-refractivity contribution in [1.29, 1.82) is 5.26 Å². The van der Waals surface area contributed by atoms with E-state index in [-0.39, 0.29) is 12.5 Å². The molecule has 0 bridgehead atoms. The van der Waals surface area contributed by atoms with E-state index in [1.54, 1.807) is 17.0 Å². The van der Waals surface area contributed by atoms with Crippen molar-refractivity contribution in [2.24, 2.45) is 5.10 Å². The molecule has 0 aliphatic heterocycles. The number of fused-ring (bicyclic) bond motifs is 3. The number of rotatable bonds is 6. The molecule has 37 heavy (non-hydrogen) atoms. The average molecular weight is 482 g/mol. The molecule has 178 valence electrons. The summed E-state index contributed by atoms with van der Waals surface area (Å²) in [5.41, 5.74) is 7.30. The van der Waals surface area contributed by atoms with E-state index in [1.165, 1.54) is 16.3 Å². The summed E-state index contributed by atoms with van der Waals surface area (Å²) in [5, 5.41) is 18.0. The highest BCUT2D eigenvalue weighted by atomic mass is 16.2. The summed E-state index contributed by atoms with van der Waals surface area (Å²) < 4.78 is 3.99. The fraction of sp³-hybridized carbons (Fsp3) is 0.0645. The number of hydrogen-bond acceptors (Lipinski definition) is 3. The van der Waals surface area contributed by atoms with E-state index in [2.05, 4.69) is 82.0 Å². The van der Waals surface area contributed by atoms with Gasteiger partial charge in [-0.15, -0.1) is 0 Å². The van der Waals surface area contributed by atoms with E-state index < -0.39 is 0 Å². The standard InChI is InChI=1S/C31H23N5O/c32-16-24-19-36(29-14-5-3-12-27(24)29)21-31(37)34-33-17-25-20-35(30-15-6-4-13-28(25)30)18-23-10-7-9-22-8-1-2-11-26(22)23/h1-15,17,19-20H,18,21H2,(H,34,37)/b33-17+. The second-order valence-corrected chi connectivity index (χ2v) is 8.96. The first-order valence-corrected chi connectivity index (χ1v) is 12.1. The zero-order chi connectivity index (χ0) is 25.2. The summed E-state index contributed by atoms with van der Waals surface area (Å²) >= 11 is 0. The Bertz CT molecular complexity index is 1850. The second kappa shape index (κ2) is 9.48. The number of carbonyl (C=O) groups excluding carboxylic acids is 1. The summed E-state index contributed by atoms with van der Waals surface area (Å²) in [6, 6.07) is 32.7. The number of hydrogen-bond donors (Lipinski definition) is 1. The van der Waals surface area contributed by atoms with Crippen LogP contribution in [-0.2, 0) is 17.9 Å². The van der Waals surface area contributed by atoms with Crippen LogP contribution in [0.15, 0.2) is 108 Å². The van der Waals surface area contributed by atoms with Gasteiger partial charge in [0.05, 0.1) is 11.8 Å². The van der Waals surface area contributed by atoms with Crippen molar-refractivity contribution in [3.63, 3.8) is 0 Å². The maximum absolute atomic E-state index is 12.6. The van der Waals surface area contributed by atoms with Crippen LogP contribution in [0.25, 0.3) is 32.6 Å². The van der Waals surface area contributed by atoms with Crippen molar-refractivity contribution in [3.8, 4) is 6.07 Å². The van der Waals surface area contributed by atoms with Crippen molar-refractivity contribution < 1.29 is 4.79 Å². The Kier molecular flexibility index (Phi) is 5.72. The third kappa shape index (κ3) is 4.24. The van der Waals surface area contributed by atoms with Crippen LogP contribution in [-0.4, -0.2) is 21.3 Å². The molecule has 0 aliphatic carbocycles. The first-order chi connectivity index (χ1) is 18.2. The minimum Gasteiger partial charge on any atom is -0.342 e. The molecule has 2 heterocycles. The molecular weight excluding hydrogens is 458 g/mol. The Morgan fingerprint density at radius 1 is 0.811 bits per heavy atom. The van der Waals surface area contributed by atoms with Crippen LogP contribution in [0.4, 0.5) is 0 Å². The fourth-order valence-electron chi connectivity index (χ4n) is 4.95. The number of carbonyl (C=O) groups is 1. The molecule has 6 heteroatoms. The smallest absolute Gasteiger partial charge is 0.259 e. The predicted octanol–water partition coefficient (Wildman–Crippen LogP) is 5.82. The van der Waals surface area contributed by atoms with Gasteiger partial charge in [-0.2, -0.15) is 10.4 Å². The molecule has 0 aliphatic rings. The molecule has 0 saturated heterocycles. The molecular formula is C31H23N5O. The highest BCUT2D eigenvalue weighted by Crippen LogP contribution is 2.25. The zero-order valence-corrected chi connectivity index (χ0v) is 20.0. The summed E-state index contributed by atoms with van der Waals surface area (Å²) in [6.45, 7) is 0.798. The van der Waals surface area contributed by atoms with E-state index in [9.17, 15) is 10.1 Å². The molecule has 1 amide bonds. The Balaban J connectivity index is 1.23. The van der Waals surface area contributed by atoms with Crippen molar-refractivity contribution in [1.82, 2.24) is 14.6 Å². The third-order valence-electron chi connectivity index (χ3n) is 6.66. The molecule has 0 spiro atoms. The number of amides is 1. The highest BCUT2D eigenvalue weighted by molar-refractivity contribution is 6.00. The first kappa shape index (κ1) is 22.3. The zero-order valence-electron chi connectivity index (χ0n) is 20.0. The molecule has 1 N–H and O–H groups in total. The van der Waals surface area contributed by atoms with E-state index in [4.69, 9.17) is 0 Å². The van der Waals surface area contributed by atoms with Gasteiger partial charge in [0.1, 0.15) is 12.6 Å². The number of nitrogens with zero attached hydrogens (tertiary/aromatic N) is 4. The maximum atomic E-state index is 12.6. The van der Waals surface area contributed by atoms with Gasteiger partial charge in [-0.25, -0.2) is 5.43 Å². The highest BCUT2D eigenvalue weighted by Gasteiger charge is 2.11. The minimum atomic E-state index is -0.263. The summed E-state index contributed by atoms with van der Waals surface area (Å²) in [5.74, 6) is -0.263. The Labute approximate surface area is 213 Å². The Morgan fingerprint density at radius 2 is 1.49 bits per heavy atom. The first-order valence-electron chi connectivity index (χ1n) is 12.1. The molecule has 0 unspecified atom stereocenters. The second-order valence-electron chi connectivity index (χ2n) is 8.96. The summed E-state index contributed by atoms with van der Waals surface area (Å²) in [7, 11) is 0. The number of aromatic nitrogens is 2. The molecule has 6 nitrogen and oxygen atoms in total. The quantitative estimate of drug-likeness (QED) is 0.240. The predicted molar refractivity (Wildman–Crippen MR) is 147 cm³/mol. The lowest BCUT2D eigenvalue weighted by molar-refractivity contribution is -0.121. The largest absolute Gasteiger partial charge is 0.342 e. The molecule has 2 aromatic heterocycles. The Morgan fingerprint density at radius 3 is 2.30 bits per heavy atom. The molecule has 0 atom stereocenters. The summed E-state index contributed by atoms with van der Waals surface area (Å²) in [6.07, 6.45) is 5.46. The number of benzene rings is 4. The molecule has 0 radical (unpaired) electrons. The molecule has 6 aromatic rings. The number of nitrogens with one attached hydrogen (secondary N) is 1. The van der Waals surface area contributed by atoms with E-state index in [0.29, 0.717) is 5.56 Å². The van der Waals surface area contributed by atoms with Gasteiger partial charge in [0.15, 0.2) is 0 Å². The van der Waals surface area contributed by atoms with Gasteiger partial charge >= 0.3 is 0 Å². The van der Waals surface area contributed by atoms with Crippen molar-refractivity contribution in [2.75, 3.05) is 0 Å². The van der Waals surface area contributed by atoms with Gasteiger partial charge in [0.25, 0.3) is 5.91 Å². The summed E-state index contributed by atoms with van der Waals surface area (Å²) in [4.78, 5) is 12.6. The van der Waals surface area contributed by atoms with Crippen molar-refractivity contribution >= 4 is 44.7 Å². The average Bonchev–Trinajstić information content (AvgIpc) is 3.47. The van der Waals surface area contributed by atoms with Crippen molar-refractivity contribution in [3.05, 3.63) is 120 Å². The van der Waals surface area contributed by atoms with Gasteiger partial charge in [0, 0.05) is 46.3 Å². The van der Waals surface area contributed by atoms with Gasteiger partial charge in [-0.3, -0.25) is 4.79 Å². The van der Waals surface area contributed by atoms with Crippen LogP contribution in [0.2, 0.25) is 0 Å². The lowest BCUT2D eigenvalue weighted by atomic mass is 10.0. The van der Waals surface area contributed by atoms with Gasteiger partial charge in [-0.1, -0.05) is 78.9 Å². The number of hydrazone groups is 1. The lowest BCUT2D eigenvalue weighted by Crippen LogP contribution is -2.22. The minimum absolute atomic E-state index is 0.0718. The van der Waals surface area contributed by atoms with Crippen molar-refractivity contribution in [2.45, 2.75) is 13.1 Å². The topological polar surface area (TPSA) is 75.1 Å². The maximum Gasteiger partial charge on any atom is 0.259 e. The van der Waals surface area contributed by atoms with Gasteiger partial charge < -0.3 is 9.13 Å². The molecule has 4 aromatic carbocycles. The monoisotopic (exact) mass is 481 g/mol. The van der Waals surface area contributed by atoms with Crippen LogP contribution >= 0.6 is 0 Å². The number of para-hydroxylation sites is 2. The van der Waals surface area contributed by atoms with Crippen LogP contribution in [0, 0.1) is 11.3 Å². The van der Waals surface area contributed by atoms with Gasteiger partial charge in [0.2, 0.25) is 0 Å². The molecule has 0 saturated carbocycles.